The molecule has 0 aliphatic carbocycles. The number of hydrogen-bond donors (Lipinski definition) is 0. The summed E-state index contributed by atoms with van der Waals surface area (Å²) in [6.45, 7) is 0. The van der Waals surface area contributed by atoms with Gasteiger partial charge >= 0.3 is 0 Å². The third kappa shape index (κ3) is 3.15. The van der Waals surface area contributed by atoms with Crippen molar-refractivity contribution in [2.45, 2.75) is 18.6 Å². The highest BCUT2D eigenvalue weighted by Gasteiger charge is 2.34. The minimum Gasteiger partial charge on any atom is -0.349 e. The summed E-state index contributed by atoms with van der Waals surface area (Å²) in [5.41, 5.74) is 0.175. The van der Waals surface area contributed by atoms with E-state index in [1.807, 2.05) is 0 Å². The Morgan fingerprint density at radius 2 is 1.88 bits per heavy atom. The average molecular weight is 265 g/mol. The molecule has 0 saturated carbocycles. The number of alkyl halides is 1. The zero-order valence-electron chi connectivity index (χ0n) is 9.80. The van der Waals surface area contributed by atoms with Crippen molar-refractivity contribution < 1.29 is 18.3 Å². The zero-order chi connectivity index (χ0) is 12.9. The van der Waals surface area contributed by atoms with Gasteiger partial charge in [-0.1, -0.05) is 0 Å². The van der Waals surface area contributed by atoms with E-state index in [1.54, 1.807) is 0 Å². The maximum atomic E-state index is 13.7. The van der Waals surface area contributed by atoms with Gasteiger partial charge in [0, 0.05) is 38.2 Å². The molecule has 0 unspecified atom stereocenters. The normalized spacial score (nSPS) is 11.8. The van der Waals surface area contributed by atoms with E-state index in [4.69, 9.17) is 21.1 Å². The summed E-state index contributed by atoms with van der Waals surface area (Å²) in [6.07, 6.45) is 0.992. The van der Waals surface area contributed by atoms with E-state index in [1.165, 1.54) is 26.4 Å². The van der Waals surface area contributed by atoms with E-state index in [-0.39, 0.29) is 5.56 Å². The minimum atomic E-state index is -1.22. The summed E-state index contributed by atoms with van der Waals surface area (Å²) >= 11 is 5.61. The van der Waals surface area contributed by atoms with Gasteiger partial charge in [-0.15, -0.1) is 11.6 Å². The molecule has 1 rings (SSSR count). The first-order valence-electron chi connectivity index (χ1n) is 5.21. The number of benzene rings is 1. The van der Waals surface area contributed by atoms with Gasteiger partial charge in [0.15, 0.2) is 5.79 Å². The summed E-state index contributed by atoms with van der Waals surface area (Å²) in [7, 11) is 2.83. The fraction of sp³-hybridized carbons (Fsp3) is 0.500. The molecule has 0 radical (unpaired) electrons. The van der Waals surface area contributed by atoms with E-state index in [9.17, 15) is 8.78 Å². The monoisotopic (exact) mass is 264 g/mol. The first-order valence-corrected chi connectivity index (χ1v) is 5.75. The van der Waals surface area contributed by atoms with Crippen LogP contribution < -0.4 is 0 Å². The molecule has 5 heteroatoms. The molecular weight excluding hydrogens is 250 g/mol. The van der Waals surface area contributed by atoms with Crippen LogP contribution >= 0.6 is 11.6 Å². The van der Waals surface area contributed by atoms with Crippen LogP contribution in [-0.2, 0) is 15.3 Å². The lowest BCUT2D eigenvalue weighted by Gasteiger charge is -2.31. The van der Waals surface area contributed by atoms with Gasteiger partial charge in [-0.2, -0.15) is 0 Å². The van der Waals surface area contributed by atoms with Gasteiger partial charge in [0.2, 0.25) is 0 Å². The maximum absolute atomic E-state index is 13.7. The molecule has 0 bridgehead atoms. The van der Waals surface area contributed by atoms with Crippen LogP contribution in [-0.4, -0.2) is 20.1 Å². The van der Waals surface area contributed by atoms with Crippen LogP contribution in [0.15, 0.2) is 18.2 Å². The lowest BCUT2D eigenvalue weighted by atomic mass is 10.00. The van der Waals surface area contributed by atoms with Crippen molar-refractivity contribution in [1.29, 1.82) is 0 Å². The Kier molecular flexibility index (Phi) is 5.31. The zero-order valence-corrected chi connectivity index (χ0v) is 10.6. The van der Waals surface area contributed by atoms with E-state index >= 15 is 0 Å². The second-order valence-corrected chi connectivity index (χ2v) is 3.96. The van der Waals surface area contributed by atoms with Crippen LogP contribution in [0.3, 0.4) is 0 Å². The van der Waals surface area contributed by atoms with Crippen LogP contribution in [0, 0.1) is 11.6 Å². The fourth-order valence-electron chi connectivity index (χ4n) is 1.74. The molecule has 0 heterocycles. The number of methoxy groups -OCH3 is 2. The Bertz CT molecular complexity index is 368. The van der Waals surface area contributed by atoms with E-state index in [2.05, 4.69) is 0 Å². The summed E-state index contributed by atoms with van der Waals surface area (Å²) in [4.78, 5) is 0. The summed E-state index contributed by atoms with van der Waals surface area (Å²) in [5.74, 6) is -2.13. The average Bonchev–Trinajstić information content (AvgIpc) is 2.32. The van der Waals surface area contributed by atoms with Gasteiger partial charge in [-0.05, 0) is 18.6 Å². The molecule has 1 aromatic rings. The second-order valence-electron chi connectivity index (χ2n) is 3.58. The van der Waals surface area contributed by atoms with Crippen molar-refractivity contribution in [3.05, 3.63) is 35.4 Å². The summed E-state index contributed by atoms with van der Waals surface area (Å²) < 4.78 is 37.1. The second kappa shape index (κ2) is 6.28. The van der Waals surface area contributed by atoms with Crippen molar-refractivity contribution in [1.82, 2.24) is 0 Å². The van der Waals surface area contributed by atoms with Crippen LogP contribution in [0.2, 0.25) is 0 Å². The molecule has 0 spiro atoms. The first-order chi connectivity index (χ1) is 8.09. The largest absolute Gasteiger partial charge is 0.349 e. The molecule has 0 saturated heterocycles. The highest BCUT2D eigenvalue weighted by Crippen LogP contribution is 2.33. The predicted octanol–water partition coefficient (Wildman–Crippen LogP) is 3.43. The Hall–Kier alpha value is -0.710. The molecule has 1 aromatic carbocycles. The fourth-order valence-corrected chi connectivity index (χ4v) is 1.87. The molecule has 0 aliphatic heterocycles. The molecule has 17 heavy (non-hydrogen) atoms. The van der Waals surface area contributed by atoms with Crippen molar-refractivity contribution in [3.63, 3.8) is 0 Å². The lowest BCUT2D eigenvalue weighted by molar-refractivity contribution is -0.221. The highest BCUT2D eigenvalue weighted by molar-refractivity contribution is 6.17. The number of rotatable bonds is 6. The minimum absolute atomic E-state index is 0.175. The topological polar surface area (TPSA) is 18.5 Å². The Morgan fingerprint density at radius 3 is 2.35 bits per heavy atom. The molecule has 0 atom stereocenters. The highest BCUT2D eigenvalue weighted by atomic mass is 35.5. The van der Waals surface area contributed by atoms with E-state index in [0.717, 1.165) is 6.07 Å². The maximum Gasteiger partial charge on any atom is 0.197 e. The molecular formula is C12H15ClF2O2. The van der Waals surface area contributed by atoms with Gasteiger partial charge in [-0.25, -0.2) is 8.78 Å². The van der Waals surface area contributed by atoms with Gasteiger partial charge < -0.3 is 9.47 Å². The van der Waals surface area contributed by atoms with Crippen molar-refractivity contribution in [2.24, 2.45) is 0 Å². The molecule has 0 N–H and O–H groups in total. The van der Waals surface area contributed by atoms with Gasteiger partial charge in [-0.3, -0.25) is 0 Å². The van der Waals surface area contributed by atoms with E-state index in [0.29, 0.717) is 18.7 Å². The molecule has 0 aromatic heterocycles. The Labute approximate surface area is 104 Å². The predicted molar refractivity (Wildman–Crippen MR) is 62.0 cm³/mol. The molecule has 0 aliphatic rings. The first kappa shape index (κ1) is 14.4. The summed E-state index contributed by atoms with van der Waals surface area (Å²) in [5, 5.41) is 0. The van der Waals surface area contributed by atoms with Crippen molar-refractivity contribution >= 4 is 11.6 Å². The number of ether oxygens (including phenoxy) is 2. The van der Waals surface area contributed by atoms with Crippen LogP contribution in [0.25, 0.3) is 0 Å². The molecule has 0 fully saturated rings. The lowest BCUT2D eigenvalue weighted by Crippen LogP contribution is -2.32. The smallest absolute Gasteiger partial charge is 0.197 e. The summed E-state index contributed by atoms with van der Waals surface area (Å²) in [6, 6.07) is 3.31. The number of halogens is 3. The Morgan fingerprint density at radius 1 is 1.24 bits per heavy atom. The van der Waals surface area contributed by atoms with Gasteiger partial charge in [0.1, 0.15) is 11.6 Å². The standard InChI is InChI=1S/C12H15ClF2O2/c1-16-12(17-2,6-3-7-13)10-5-4-9(14)8-11(10)15/h4-5,8H,3,6-7H2,1-2H3. The third-order valence-electron chi connectivity index (χ3n) is 2.64. The van der Waals surface area contributed by atoms with Gasteiger partial charge in [0.05, 0.1) is 0 Å². The third-order valence-corrected chi connectivity index (χ3v) is 2.91. The molecule has 96 valence electrons. The van der Waals surface area contributed by atoms with Crippen LogP contribution in [0.5, 0.6) is 0 Å². The SMILES string of the molecule is COC(CCCCl)(OC)c1ccc(F)cc1F. The Balaban J connectivity index is 3.11. The van der Waals surface area contributed by atoms with E-state index < -0.39 is 17.4 Å². The van der Waals surface area contributed by atoms with Crippen LogP contribution in [0.4, 0.5) is 8.78 Å². The molecule has 0 amide bonds. The number of hydrogen-bond acceptors (Lipinski definition) is 2. The molecule has 2 nitrogen and oxygen atoms in total. The van der Waals surface area contributed by atoms with Gasteiger partial charge in [0.25, 0.3) is 0 Å². The van der Waals surface area contributed by atoms with Crippen molar-refractivity contribution in [3.8, 4) is 0 Å². The van der Waals surface area contributed by atoms with Crippen LogP contribution in [0.1, 0.15) is 18.4 Å². The quantitative estimate of drug-likeness (QED) is 0.579. The van der Waals surface area contributed by atoms with Crippen molar-refractivity contribution in [2.75, 3.05) is 20.1 Å².